The Labute approximate surface area is 235 Å². The number of sulfonamides is 1. The van der Waals surface area contributed by atoms with Crippen molar-refractivity contribution in [2.75, 3.05) is 39.8 Å². The smallest absolute Gasteiger partial charge is 0.244 e. The SMILES string of the molecule is COc1cc(C)c(S(=O)(=O)N2CCn3cccc3C2CC(=O)N2CCN(Cc3ccc(Cl)cc3)CC2)c(C)c1. The highest BCUT2D eigenvalue weighted by Crippen LogP contribution is 2.37. The zero-order valence-electron chi connectivity index (χ0n) is 22.6. The van der Waals surface area contributed by atoms with Crippen LogP contribution in [0.3, 0.4) is 0 Å². The molecule has 5 rings (SSSR count). The lowest BCUT2D eigenvalue weighted by Gasteiger charge is -2.39. The molecule has 3 aromatic rings. The van der Waals surface area contributed by atoms with Gasteiger partial charge in [-0.25, -0.2) is 8.42 Å². The molecule has 0 aliphatic carbocycles. The van der Waals surface area contributed by atoms with Crippen LogP contribution in [0.1, 0.15) is 34.8 Å². The Kier molecular flexibility index (Phi) is 8.05. The molecule has 2 aromatic carbocycles. The van der Waals surface area contributed by atoms with Crippen molar-refractivity contribution in [3.8, 4) is 5.75 Å². The van der Waals surface area contributed by atoms with Crippen LogP contribution in [-0.2, 0) is 27.9 Å². The molecule has 0 N–H and O–H groups in total. The molecule has 1 amide bonds. The number of hydrogen-bond donors (Lipinski definition) is 0. The molecule has 1 fully saturated rings. The number of halogens is 1. The van der Waals surface area contributed by atoms with Crippen LogP contribution in [0.2, 0.25) is 5.02 Å². The Morgan fingerprint density at radius 2 is 1.64 bits per heavy atom. The second-order valence-electron chi connectivity index (χ2n) is 10.3. The molecule has 1 aromatic heterocycles. The van der Waals surface area contributed by atoms with E-state index in [4.69, 9.17) is 16.3 Å². The highest BCUT2D eigenvalue weighted by molar-refractivity contribution is 7.89. The standard InChI is InChI=1S/C29H35ClN4O4S/c1-21-17-25(38-3)18-22(2)29(21)39(36,37)34-16-15-32-10-4-5-26(32)27(34)19-28(35)33-13-11-31(12-14-33)20-23-6-8-24(30)9-7-23/h4-10,17-18,27H,11-16,19-20H2,1-3H3. The first kappa shape index (κ1) is 27.7. The van der Waals surface area contributed by atoms with E-state index < -0.39 is 16.1 Å². The normalized spacial score (nSPS) is 18.7. The summed E-state index contributed by atoms with van der Waals surface area (Å²) in [4.78, 5) is 18.1. The summed E-state index contributed by atoms with van der Waals surface area (Å²) < 4.78 is 37.1. The molecule has 1 unspecified atom stereocenters. The number of amides is 1. The van der Waals surface area contributed by atoms with Crippen LogP contribution in [0.4, 0.5) is 0 Å². The number of aromatic nitrogens is 1. The van der Waals surface area contributed by atoms with Crippen LogP contribution in [0.5, 0.6) is 5.75 Å². The third kappa shape index (κ3) is 5.72. The van der Waals surface area contributed by atoms with E-state index in [1.807, 2.05) is 47.5 Å². The van der Waals surface area contributed by atoms with Gasteiger partial charge in [0.15, 0.2) is 0 Å². The van der Waals surface area contributed by atoms with Crippen LogP contribution in [0.25, 0.3) is 0 Å². The summed E-state index contributed by atoms with van der Waals surface area (Å²) in [7, 11) is -2.30. The summed E-state index contributed by atoms with van der Waals surface area (Å²) in [5, 5.41) is 0.719. The van der Waals surface area contributed by atoms with Gasteiger partial charge in [-0.15, -0.1) is 0 Å². The van der Waals surface area contributed by atoms with E-state index in [1.54, 1.807) is 33.1 Å². The first-order valence-electron chi connectivity index (χ1n) is 13.2. The van der Waals surface area contributed by atoms with Crippen molar-refractivity contribution in [3.63, 3.8) is 0 Å². The number of carbonyl (C=O) groups excluding carboxylic acids is 1. The first-order valence-corrected chi connectivity index (χ1v) is 15.1. The number of methoxy groups -OCH3 is 1. The van der Waals surface area contributed by atoms with Crippen LogP contribution in [-0.4, -0.2) is 72.8 Å². The maximum Gasteiger partial charge on any atom is 0.244 e. The van der Waals surface area contributed by atoms with Gasteiger partial charge in [0.2, 0.25) is 15.9 Å². The zero-order valence-corrected chi connectivity index (χ0v) is 24.2. The van der Waals surface area contributed by atoms with Crippen molar-refractivity contribution < 1.29 is 17.9 Å². The largest absolute Gasteiger partial charge is 0.497 e. The molecule has 8 nitrogen and oxygen atoms in total. The molecule has 39 heavy (non-hydrogen) atoms. The highest BCUT2D eigenvalue weighted by Gasteiger charge is 2.40. The number of aryl methyl sites for hydroxylation is 2. The molecule has 0 saturated carbocycles. The fourth-order valence-electron chi connectivity index (χ4n) is 5.79. The van der Waals surface area contributed by atoms with Gasteiger partial charge in [-0.1, -0.05) is 23.7 Å². The minimum atomic E-state index is -3.86. The third-order valence-electron chi connectivity index (χ3n) is 7.76. The van der Waals surface area contributed by atoms with E-state index in [-0.39, 0.29) is 17.2 Å². The third-order valence-corrected chi connectivity index (χ3v) is 10.2. The zero-order chi connectivity index (χ0) is 27.7. The van der Waals surface area contributed by atoms with Crippen molar-refractivity contribution in [2.45, 2.75) is 44.3 Å². The Morgan fingerprint density at radius 3 is 2.28 bits per heavy atom. The Bertz CT molecular complexity index is 1420. The van der Waals surface area contributed by atoms with Gasteiger partial charge in [-0.05, 0) is 66.9 Å². The van der Waals surface area contributed by atoms with Crippen molar-refractivity contribution in [2.24, 2.45) is 0 Å². The molecule has 2 aliphatic heterocycles. The van der Waals surface area contributed by atoms with Gasteiger partial charge in [0, 0.05) is 69.1 Å². The molecule has 208 valence electrons. The van der Waals surface area contributed by atoms with E-state index in [0.29, 0.717) is 43.1 Å². The molecule has 0 bridgehead atoms. The lowest BCUT2D eigenvalue weighted by molar-refractivity contribution is -0.134. The Hall–Kier alpha value is -2.85. The predicted molar refractivity (Wildman–Crippen MR) is 151 cm³/mol. The molecule has 1 atom stereocenters. The monoisotopic (exact) mass is 570 g/mol. The van der Waals surface area contributed by atoms with Crippen molar-refractivity contribution >= 4 is 27.5 Å². The second-order valence-corrected chi connectivity index (χ2v) is 12.6. The lowest BCUT2D eigenvalue weighted by atomic mass is 10.1. The summed E-state index contributed by atoms with van der Waals surface area (Å²) in [5.74, 6) is 0.600. The van der Waals surface area contributed by atoms with Gasteiger partial charge in [-0.2, -0.15) is 4.31 Å². The summed E-state index contributed by atoms with van der Waals surface area (Å²) in [6.45, 7) is 8.00. The number of rotatable bonds is 7. The number of ether oxygens (including phenoxy) is 1. The maximum absolute atomic E-state index is 14.1. The Balaban J connectivity index is 1.33. The summed E-state index contributed by atoms with van der Waals surface area (Å²) in [5.41, 5.74) is 3.31. The molecule has 0 radical (unpaired) electrons. The van der Waals surface area contributed by atoms with Crippen molar-refractivity contribution in [1.29, 1.82) is 0 Å². The summed E-state index contributed by atoms with van der Waals surface area (Å²) in [6.07, 6.45) is 2.06. The van der Waals surface area contributed by atoms with Gasteiger partial charge >= 0.3 is 0 Å². The fourth-order valence-corrected chi connectivity index (χ4v) is 7.92. The van der Waals surface area contributed by atoms with Gasteiger partial charge in [0.1, 0.15) is 5.75 Å². The molecule has 10 heteroatoms. The number of piperazine rings is 1. The predicted octanol–water partition coefficient (Wildman–Crippen LogP) is 4.25. The van der Waals surface area contributed by atoms with E-state index >= 15 is 0 Å². The quantitative estimate of drug-likeness (QED) is 0.425. The number of carbonyl (C=O) groups is 1. The topological polar surface area (TPSA) is 75.1 Å². The number of benzene rings is 2. The minimum Gasteiger partial charge on any atom is -0.497 e. The molecule has 0 spiro atoms. The molecular formula is C29H35ClN4O4S. The minimum absolute atomic E-state index is 0.0239. The summed E-state index contributed by atoms with van der Waals surface area (Å²) >= 11 is 6.01. The molecule has 1 saturated heterocycles. The molecular weight excluding hydrogens is 536 g/mol. The number of nitrogens with zero attached hydrogens (tertiary/aromatic N) is 4. The molecule has 3 heterocycles. The molecule has 2 aliphatic rings. The van der Waals surface area contributed by atoms with Gasteiger partial charge in [0.05, 0.1) is 18.0 Å². The van der Waals surface area contributed by atoms with Gasteiger partial charge in [-0.3, -0.25) is 9.69 Å². The van der Waals surface area contributed by atoms with Crippen molar-refractivity contribution in [1.82, 2.24) is 18.7 Å². The number of hydrogen-bond acceptors (Lipinski definition) is 5. The van der Waals surface area contributed by atoms with Crippen LogP contribution >= 0.6 is 11.6 Å². The van der Waals surface area contributed by atoms with E-state index in [1.165, 1.54) is 9.87 Å². The van der Waals surface area contributed by atoms with Gasteiger partial charge in [0.25, 0.3) is 0 Å². The second kappa shape index (κ2) is 11.3. The first-order chi connectivity index (χ1) is 18.7. The van der Waals surface area contributed by atoms with Crippen molar-refractivity contribution in [3.05, 3.63) is 82.1 Å². The van der Waals surface area contributed by atoms with E-state index in [9.17, 15) is 13.2 Å². The fraction of sp³-hybridized carbons (Fsp3) is 0.414. The Morgan fingerprint density at radius 1 is 0.974 bits per heavy atom. The lowest BCUT2D eigenvalue weighted by Crippen LogP contribution is -2.50. The maximum atomic E-state index is 14.1. The van der Waals surface area contributed by atoms with Crippen LogP contribution in [0, 0.1) is 13.8 Å². The van der Waals surface area contributed by atoms with Crippen LogP contribution < -0.4 is 4.74 Å². The van der Waals surface area contributed by atoms with Gasteiger partial charge < -0.3 is 14.2 Å². The average Bonchev–Trinajstić information content (AvgIpc) is 3.39. The summed E-state index contributed by atoms with van der Waals surface area (Å²) in [6, 6.07) is 14.6. The average molecular weight is 571 g/mol. The van der Waals surface area contributed by atoms with E-state index in [2.05, 4.69) is 9.47 Å². The van der Waals surface area contributed by atoms with E-state index in [0.717, 1.165) is 30.4 Å². The number of fused-ring (bicyclic) bond motifs is 1. The highest BCUT2D eigenvalue weighted by atomic mass is 35.5. The van der Waals surface area contributed by atoms with Crippen LogP contribution in [0.15, 0.2) is 59.6 Å².